The number of carbonyl (C=O) groups excluding carboxylic acids is 1. The lowest BCUT2D eigenvalue weighted by molar-refractivity contribution is 0.00522. The van der Waals surface area contributed by atoms with Gasteiger partial charge < -0.3 is 30.0 Å². The Kier molecular flexibility index (Phi) is 6.92. The fourth-order valence-corrected chi connectivity index (χ4v) is 5.11. The van der Waals surface area contributed by atoms with Gasteiger partial charge >= 0.3 is 0 Å². The molecule has 11 heteroatoms. The van der Waals surface area contributed by atoms with Crippen molar-refractivity contribution < 1.29 is 14.3 Å². The van der Waals surface area contributed by atoms with Gasteiger partial charge in [0.2, 0.25) is 0 Å². The molecule has 3 heterocycles. The third kappa shape index (κ3) is 4.68. The van der Waals surface area contributed by atoms with Gasteiger partial charge in [-0.25, -0.2) is 4.98 Å². The van der Waals surface area contributed by atoms with E-state index in [1.165, 1.54) is 6.20 Å². The molecule has 36 heavy (non-hydrogen) atoms. The third-order valence-corrected chi connectivity index (χ3v) is 7.30. The van der Waals surface area contributed by atoms with Crippen molar-refractivity contribution in [2.75, 3.05) is 31.9 Å². The van der Waals surface area contributed by atoms with Crippen molar-refractivity contribution in [3.05, 3.63) is 46.5 Å². The number of methoxy groups -OCH3 is 2. The lowest BCUT2D eigenvalue weighted by atomic mass is 9.89. The van der Waals surface area contributed by atoms with Crippen LogP contribution in [0.15, 0.2) is 35.4 Å². The van der Waals surface area contributed by atoms with E-state index in [0.717, 1.165) is 38.5 Å². The predicted molar refractivity (Wildman–Crippen MR) is 136 cm³/mol. The number of amides is 1. The lowest BCUT2D eigenvalue weighted by Crippen LogP contribution is -2.40. The summed E-state index contributed by atoms with van der Waals surface area (Å²) < 4.78 is 14.2. The number of carbonyl (C=O) groups is 1. The van der Waals surface area contributed by atoms with E-state index in [9.17, 15) is 9.59 Å². The van der Waals surface area contributed by atoms with Crippen LogP contribution in [0.1, 0.15) is 54.9 Å². The van der Waals surface area contributed by atoms with Gasteiger partial charge in [0.25, 0.3) is 11.5 Å². The van der Waals surface area contributed by atoms with Crippen LogP contribution in [-0.2, 0) is 9.47 Å². The van der Waals surface area contributed by atoms with Gasteiger partial charge in [-0.3, -0.25) is 9.59 Å². The number of ether oxygens (including phenoxy) is 2. The van der Waals surface area contributed by atoms with Crippen molar-refractivity contribution >= 4 is 28.9 Å². The number of nitrogens with one attached hydrogen (secondary N) is 3. The van der Waals surface area contributed by atoms with Gasteiger partial charge in [-0.15, -0.1) is 0 Å². The van der Waals surface area contributed by atoms with E-state index in [1.54, 1.807) is 48.7 Å². The molecule has 192 valence electrons. The zero-order valence-electron chi connectivity index (χ0n) is 20.9. The van der Waals surface area contributed by atoms with E-state index >= 15 is 0 Å². The first-order chi connectivity index (χ1) is 17.5. The molecule has 0 saturated heterocycles. The number of aromatic nitrogens is 4. The zero-order chi connectivity index (χ0) is 25.2. The van der Waals surface area contributed by atoms with Crippen molar-refractivity contribution in [3.63, 3.8) is 0 Å². The third-order valence-electron chi connectivity index (χ3n) is 7.30. The molecule has 0 unspecified atom stereocenters. The highest BCUT2D eigenvalue weighted by Crippen LogP contribution is 2.33. The van der Waals surface area contributed by atoms with Crippen molar-refractivity contribution in [2.45, 2.75) is 62.8 Å². The van der Waals surface area contributed by atoms with Crippen LogP contribution < -0.4 is 21.5 Å². The second kappa shape index (κ2) is 10.3. The summed E-state index contributed by atoms with van der Waals surface area (Å²) in [7, 11) is 5.17. The van der Waals surface area contributed by atoms with Gasteiger partial charge in [0, 0.05) is 45.6 Å². The number of hydrogen-bond acceptors (Lipinski definition) is 8. The monoisotopic (exact) mass is 495 g/mol. The van der Waals surface area contributed by atoms with Crippen LogP contribution in [0.4, 0.5) is 17.3 Å². The van der Waals surface area contributed by atoms with E-state index in [1.807, 2.05) is 6.07 Å². The number of rotatable bonds is 8. The lowest BCUT2D eigenvalue weighted by Gasteiger charge is -2.35. The topological polar surface area (TPSA) is 124 Å². The Hall–Kier alpha value is -3.44. The summed E-state index contributed by atoms with van der Waals surface area (Å²) in [5.41, 5.74) is 1.07. The molecule has 2 aliphatic rings. The van der Waals surface area contributed by atoms with Gasteiger partial charge in [0.05, 0.1) is 18.4 Å². The summed E-state index contributed by atoms with van der Waals surface area (Å²) in [6.07, 6.45) is 9.04. The molecule has 0 radical (unpaired) electrons. The van der Waals surface area contributed by atoms with Crippen LogP contribution in [0, 0.1) is 0 Å². The molecule has 2 atom stereocenters. The molecule has 3 aromatic heterocycles. The van der Waals surface area contributed by atoms with E-state index in [0.29, 0.717) is 28.5 Å². The van der Waals surface area contributed by atoms with Crippen molar-refractivity contribution in [1.82, 2.24) is 24.5 Å². The maximum absolute atomic E-state index is 13.2. The first-order valence-corrected chi connectivity index (χ1v) is 12.4. The molecule has 2 saturated carbocycles. The summed E-state index contributed by atoms with van der Waals surface area (Å²) in [5.74, 6) is 0.854. The highest BCUT2D eigenvalue weighted by molar-refractivity contribution is 6.00. The summed E-state index contributed by atoms with van der Waals surface area (Å²) in [5, 5.41) is 13.7. The quantitative estimate of drug-likeness (QED) is 0.436. The average Bonchev–Trinajstić information content (AvgIpc) is 3.29. The predicted octanol–water partition coefficient (Wildman–Crippen LogP) is 2.71. The fourth-order valence-electron chi connectivity index (χ4n) is 5.11. The smallest absolute Gasteiger partial charge is 0.274 e. The number of fused-ring (bicyclic) bond motifs is 1. The molecule has 5 rings (SSSR count). The van der Waals surface area contributed by atoms with Crippen molar-refractivity contribution in [3.8, 4) is 0 Å². The fraction of sp³-hybridized carbons (Fsp3) is 0.520. The first-order valence-electron chi connectivity index (χ1n) is 12.4. The van der Waals surface area contributed by atoms with Gasteiger partial charge in [0.1, 0.15) is 22.9 Å². The molecule has 3 N–H and O–H groups in total. The molecule has 0 aromatic carbocycles. The Morgan fingerprint density at radius 2 is 1.94 bits per heavy atom. The Morgan fingerprint density at radius 3 is 2.69 bits per heavy atom. The normalized spacial score (nSPS) is 23.8. The van der Waals surface area contributed by atoms with Crippen LogP contribution >= 0.6 is 0 Å². The maximum Gasteiger partial charge on any atom is 0.274 e. The van der Waals surface area contributed by atoms with E-state index < -0.39 is 0 Å². The van der Waals surface area contributed by atoms with Gasteiger partial charge in [-0.2, -0.15) is 9.61 Å². The van der Waals surface area contributed by atoms with Crippen LogP contribution in [0.5, 0.6) is 0 Å². The second-order valence-electron chi connectivity index (χ2n) is 9.51. The number of hydrogen-bond donors (Lipinski definition) is 3. The van der Waals surface area contributed by atoms with Crippen LogP contribution in [0.25, 0.3) is 5.65 Å². The van der Waals surface area contributed by atoms with Gasteiger partial charge in [0.15, 0.2) is 5.65 Å². The number of anilines is 3. The minimum Gasteiger partial charge on any atom is -0.381 e. The van der Waals surface area contributed by atoms with Crippen LogP contribution in [0.2, 0.25) is 0 Å². The largest absolute Gasteiger partial charge is 0.381 e. The molecule has 0 spiro atoms. The number of nitrogens with zero attached hydrogens (tertiary/aromatic N) is 4. The maximum atomic E-state index is 13.2. The Bertz CT molecular complexity index is 1300. The summed E-state index contributed by atoms with van der Waals surface area (Å²) >= 11 is 0. The first kappa shape index (κ1) is 24.3. The van der Waals surface area contributed by atoms with E-state index in [4.69, 9.17) is 9.47 Å². The Morgan fingerprint density at radius 1 is 1.14 bits per heavy atom. The van der Waals surface area contributed by atoms with Gasteiger partial charge in [-0.05, 0) is 50.7 Å². The molecule has 11 nitrogen and oxygen atoms in total. The summed E-state index contributed by atoms with van der Waals surface area (Å²) in [4.78, 5) is 31.0. The molecular formula is C25H33N7O4. The standard InChI is InChI=1S/C25H33N7O4/c1-26-22-13-21(29-20-8-5-9-31(25(20)34)16-11-18(12-16)36-3)30-23-19(14-27-32(22)23)24(33)28-15-6-4-7-17(10-15)35-2/h5,8-9,13-18,26H,4,6-7,10-12H2,1-3H3,(H,28,33)(H,29,30)/t15-,16-,17-,18+/m1/s1. The van der Waals surface area contributed by atoms with E-state index in [2.05, 4.69) is 26.0 Å². The zero-order valence-corrected chi connectivity index (χ0v) is 20.9. The molecule has 2 fully saturated rings. The molecule has 2 aliphatic carbocycles. The average molecular weight is 496 g/mol. The van der Waals surface area contributed by atoms with Crippen molar-refractivity contribution in [1.29, 1.82) is 0 Å². The minimum absolute atomic E-state index is 0.0447. The molecule has 0 bridgehead atoms. The SMILES string of the molecule is CNc1cc(Nc2cccn([C@H]3C[C@@H](OC)C3)c2=O)nc2c(C(=O)N[C@@H]3CCC[C@@H](OC)C3)cnn12. The Balaban J connectivity index is 1.40. The minimum atomic E-state index is -0.224. The highest BCUT2D eigenvalue weighted by atomic mass is 16.5. The van der Waals surface area contributed by atoms with E-state index in [-0.39, 0.29) is 35.8 Å². The second-order valence-corrected chi connectivity index (χ2v) is 9.51. The molecule has 0 aliphatic heterocycles. The van der Waals surface area contributed by atoms with Crippen molar-refractivity contribution in [2.24, 2.45) is 0 Å². The summed E-state index contributed by atoms with van der Waals surface area (Å²) in [6.45, 7) is 0. The van der Waals surface area contributed by atoms with Crippen LogP contribution in [0.3, 0.4) is 0 Å². The van der Waals surface area contributed by atoms with Crippen LogP contribution in [-0.4, -0.2) is 64.6 Å². The molecule has 3 aromatic rings. The molecular weight excluding hydrogens is 462 g/mol. The molecule has 1 amide bonds. The number of pyridine rings is 1. The van der Waals surface area contributed by atoms with Gasteiger partial charge in [-0.1, -0.05) is 0 Å². The highest BCUT2D eigenvalue weighted by Gasteiger charge is 2.31. The Labute approximate surface area is 209 Å². The summed E-state index contributed by atoms with van der Waals surface area (Å²) in [6, 6.07) is 5.50.